The van der Waals surface area contributed by atoms with E-state index < -0.39 is 30.0 Å². The van der Waals surface area contributed by atoms with Gasteiger partial charge in [0.05, 0.1) is 22.5 Å². The highest BCUT2D eigenvalue weighted by Gasteiger charge is 2.47. The van der Waals surface area contributed by atoms with E-state index in [0.29, 0.717) is 16.7 Å². The Labute approximate surface area is 195 Å². The van der Waals surface area contributed by atoms with Gasteiger partial charge in [-0.15, -0.1) is 0 Å². The number of halogens is 5. The molecule has 2 aromatic heterocycles. The number of aromatic nitrogens is 3. The number of alkyl halides is 3. The maximum Gasteiger partial charge on any atom is 0.267 e. The minimum absolute atomic E-state index is 0.0695. The minimum atomic E-state index is -2.93. The molecule has 0 saturated heterocycles. The first-order chi connectivity index (χ1) is 15.8. The van der Waals surface area contributed by atoms with Crippen molar-refractivity contribution in [3.05, 3.63) is 62.5 Å². The maximum absolute atomic E-state index is 14.7. The second-order valence-electron chi connectivity index (χ2n) is 8.87. The maximum atomic E-state index is 14.7. The highest BCUT2D eigenvalue weighted by Crippen LogP contribution is 2.52. The van der Waals surface area contributed by atoms with Crippen LogP contribution < -0.4 is 10.9 Å². The molecule has 3 aromatic rings. The second-order valence-corrected chi connectivity index (χ2v) is 9.66. The summed E-state index contributed by atoms with van der Waals surface area (Å²) >= 11 is 3.34. The fraction of sp³-hybridized carbons (Fsp3) is 0.435. The zero-order valence-electron chi connectivity index (χ0n) is 17.6. The van der Waals surface area contributed by atoms with Crippen LogP contribution in [0, 0.1) is 17.7 Å². The van der Waals surface area contributed by atoms with Crippen molar-refractivity contribution in [2.24, 2.45) is 11.8 Å². The summed E-state index contributed by atoms with van der Waals surface area (Å²) in [6.07, 6.45) is 0.847. The van der Waals surface area contributed by atoms with Crippen molar-refractivity contribution < 1.29 is 17.6 Å². The number of hydrogen-bond donors (Lipinski definition) is 1. The average molecular weight is 525 g/mol. The van der Waals surface area contributed by atoms with Crippen LogP contribution in [0.1, 0.15) is 55.8 Å². The van der Waals surface area contributed by atoms with Crippen LogP contribution >= 0.6 is 15.9 Å². The van der Waals surface area contributed by atoms with Crippen LogP contribution in [-0.4, -0.2) is 20.7 Å². The predicted molar refractivity (Wildman–Crippen MR) is 120 cm³/mol. The van der Waals surface area contributed by atoms with Crippen LogP contribution in [0.25, 0.3) is 10.9 Å². The molecule has 10 heteroatoms. The Kier molecular flexibility index (Phi) is 5.66. The summed E-state index contributed by atoms with van der Waals surface area (Å²) in [6.45, 7) is 1.63. The molecule has 0 amide bonds. The molecule has 1 unspecified atom stereocenters. The molecule has 174 valence electrons. The fourth-order valence-electron chi connectivity index (χ4n) is 5.10. The van der Waals surface area contributed by atoms with E-state index in [2.05, 4.69) is 31.2 Å². The monoisotopic (exact) mass is 524 g/mol. The van der Waals surface area contributed by atoms with Crippen LogP contribution in [0.5, 0.6) is 0 Å². The van der Waals surface area contributed by atoms with Crippen LogP contribution in [0.3, 0.4) is 0 Å². The van der Waals surface area contributed by atoms with Gasteiger partial charge in [0.15, 0.2) is 0 Å². The average Bonchev–Trinajstić information content (AvgIpc) is 2.75. The number of pyridine rings is 1. The molecule has 2 bridgehead atoms. The molecule has 3 saturated carbocycles. The summed E-state index contributed by atoms with van der Waals surface area (Å²) in [5.41, 5.74) is -0.526. The van der Waals surface area contributed by atoms with E-state index in [1.165, 1.54) is 18.5 Å². The standard InChI is InChI=1S/C23H21BrF4N4O/c1-10(13-3-2-4-14(19(13)26)21(27)28)31-22-15-8-32(17-7-16(25)11-5-12(17)6-11)23(33)18(24)20(15)29-9-30-22/h2-4,8-12,16-17,21H,5-7H2,1H3,(H,29,30,31)/t10-,11?,12?,16?,17+/m1/s1. The lowest BCUT2D eigenvalue weighted by Gasteiger charge is -2.49. The number of nitrogens with one attached hydrogen (secondary N) is 1. The first-order valence-corrected chi connectivity index (χ1v) is 11.6. The SMILES string of the molecule is C[C@@H](Nc1ncnc2c(Br)c(=O)n([C@H]3CC(F)C4CC3C4)cc12)c1cccc(C(F)F)c1F. The Morgan fingerprint density at radius 1 is 1.15 bits per heavy atom. The lowest BCUT2D eigenvalue weighted by Crippen LogP contribution is -2.46. The summed E-state index contributed by atoms with van der Waals surface area (Å²) in [4.78, 5) is 21.5. The van der Waals surface area contributed by atoms with Gasteiger partial charge in [-0.3, -0.25) is 4.79 Å². The highest BCUT2D eigenvalue weighted by atomic mass is 79.9. The molecule has 33 heavy (non-hydrogen) atoms. The largest absolute Gasteiger partial charge is 0.363 e. The van der Waals surface area contributed by atoms with E-state index in [1.54, 1.807) is 17.7 Å². The summed E-state index contributed by atoms with van der Waals surface area (Å²) in [5.74, 6) is -0.316. The molecule has 2 heterocycles. The Bertz CT molecular complexity index is 1280. The van der Waals surface area contributed by atoms with E-state index in [9.17, 15) is 22.4 Å². The van der Waals surface area contributed by atoms with Gasteiger partial charge in [-0.05, 0) is 54.0 Å². The van der Waals surface area contributed by atoms with Gasteiger partial charge in [0.2, 0.25) is 0 Å². The third-order valence-electron chi connectivity index (χ3n) is 6.99. The number of hydrogen-bond acceptors (Lipinski definition) is 4. The molecule has 3 aliphatic rings. The summed E-state index contributed by atoms with van der Waals surface area (Å²) in [6, 6.07) is 2.92. The molecule has 1 N–H and O–H groups in total. The Morgan fingerprint density at radius 3 is 2.58 bits per heavy atom. The molecule has 0 radical (unpaired) electrons. The van der Waals surface area contributed by atoms with E-state index in [1.807, 2.05) is 0 Å². The van der Waals surface area contributed by atoms with Crippen molar-refractivity contribution in [1.82, 2.24) is 14.5 Å². The number of fused-ring (bicyclic) bond motifs is 3. The molecular formula is C23H21BrF4N4O. The first kappa shape index (κ1) is 22.3. The van der Waals surface area contributed by atoms with Gasteiger partial charge in [0.25, 0.3) is 12.0 Å². The smallest absolute Gasteiger partial charge is 0.267 e. The molecule has 6 rings (SSSR count). The number of anilines is 1. The van der Waals surface area contributed by atoms with Crippen LogP contribution in [0.15, 0.2) is 40.0 Å². The van der Waals surface area contributed by atoms with Gasteiger partial charge >= 0.3 is 0 Å². The third-order valence-corrected chi connectivity index (χ3v) is 7.70. The Hall–Kier alpha value is -2.49. The van der Waals surface area contributed by atoms with Crippen molar-refractivity contribution in [2.75, 3.05) is 5.32 Å². The van der Waals surface area contributed by atoms with Crippen LogP contribution in [-0.2, 0) is 0 Å². The zero-order chi connectivity index (χ0) is 23.4. The number of benzene rings is 1. The zero-order valence-corrected chi connectivity index (χ0v) is 19.2. The highest BCUT2D eigenvalue weighted by molar-refractivity contribution is 9.10. The molecule has 3 atom stereocenters. The van der Waals surface area contributed by atoms with Gasteiger partial charge in [0.1, 0.15) is 28.6 Å². The number of rotatable bonds is 5. The third kappa shape index (κ3) is 3.72. The molecule has 1 aromatic carbocycles. The van der Waals surface area contributed by atoms with Crippen molar-refractivity contribution in [3.8, 4) is 0 Å². The Balaban J connectivity index is 1.55. The van der Waals surface area contributed by atoms with E-state index in [-0.39, 0.29) is 39.9 Å². The van der Waals surface area contributed by atoms with Gasteiger partial charge in [-0.2, -0.15) is 0 Å². The van der Waals surface area contributed by atoms with Crippen molar-refractivity contribution >= 4 is 32.7 Å². The molecule has 3 fully saturated rings. The summed E-state index contributed by atoms with van der Waals surface area (Å²) < 4.78 is 57.1. The minimum Gasteiger partial charge on any atom is -0.363 e. The normalized spacial score (nSPS) is 25.2. The van der Waals surface area contributed by atoms with Crippen molar-refractivity contribution in [1.29, 1.82) is 0 Å². The van der Waals surface area contributed by atoms with Gasteiger partial charge in [-0.25, -0.2) is 27.5 Å². The van der Waals surface area contributed by atoms with Crippen LogP contribution in [0.2, 0.25) is 0 Å². The molecular weight excluding hydrogens is 504 g/mol. The topological polar surface area (TPSA) is 59.8 Å². The van der Waals surface area contributed by atoms with E-state index in [4.69, 9.17) is 0 Å². The molecule has 3 aliphatic carbocycles. The number of nitrogens with zero attached hydrogens (tertiary/aromatic N) is 3. The fourth-order valence-corrected chi connectivity index (χ4v) is 5.62. The second kappa shape index (κ2) is 8.38. The first-order valence-electron chi connectivity index (χ1n) is 10.8. The lowest BCUT2D eigenvalue weighted by atomic mass is 9.61. The van der Waals surface area contributed by atoms with E-state index >= 15 is 0 Å². The Morgan fingerprint density at radius 2 is 1.88 bits per heavy atom. The lowest BCUT2D eigenvalue weighted by molar-refractivity contribution is -0.0184. The van der Waals surface area contributed by atoms with Gasteiger partial charge < -0.3 is 9.88 Å². The summed E-state index contributed by atoms with van der Waals surface area (Å²) in [5, 5.41) is 3.57. The summed E-state index contributed by atoms with van der Waals surface area (Å²) in [7, 11) is 0. The molecule has 0 spiro atoms. The predicted octanol–water partition coefficient (Wildman–Crippen LogP) is 6.11. The van der Waals surface area contributed by atoms with Gasteiger partial charge in [0, 0.05) is 17.8 Å². The van der Waals surface area contributed by atoms with Gasteiger partial charge in [-0.1, -0.05) is 18.2 Å². The van der Waals surface area contributed by atoms with Crippen molar-refractivity contribution in [3.63, 3.8) is 0 Å². The van der Waals surface area contributed by atoms with Crippen molar-refractivity contribution in [2.45, 2.75) is 50.9 Å². The van der Waals surface area contributed by atoms with E-state index in [0.717, 1.165) is 18.9 Å². The molecule has 0 aliphatic heterocycles. The molecule has 5 nitrogen and oxygen atoms in total. The quantitative estimate of drug-likeness (QED) is 0.409. The van der Waals surface area contributed by atoms with Crippen LogP contribution in [0.4, 0.5) is 23.4 Å².